The van der Waals surface area contributed by atoms with Crippen molar-refractivity contribution in [2.75, 3.05) is 0 Å². The first-order valence-corrected chi connectivity index (χ1v) is 8.23. The van der Waals surface area contributed by atoms with Crippen LogP contribution in [0.4, 0.5) is 0 Å². The van der Waals surface area contributed by atoms with Crippen molar-refractivity contribution in [1.82, 2.24) is 5.32 Å². The molecular formula is C19H29N. The quantitative estimate of drug-likeness (QED) is 0.541. The summed E-state index contributed by atoms with van der Waals surface area (Å²) < 4.78 is 0. The summed E-state index contributed by atoms with van der Waals surface area (Å²) in [7, 11) is 0. The smallest absolute Gasteiger partial charge is 0.0101 e. The average Bonchev–Trinajstić information content (AvgIpc) is 2.48. The van der Waals surface area contributed by atoms with Crippen LogP contribution in [0.2, 0.25) is 0 Å². The van der Waals surface area contributed by atoms with Crippen LogP contribution in [0.3, 0.4) is 0 Å². The normalized spacial score (nSPS) is 33.4. The Morgan fingerprint density at radius 3 is 2.90 bits per heavy atom. The summed E-state index contributed by atoms with van der Waals surface area (Å²) in [5.74, 6) is 1.77. The van der Waals surface area contributed by atoms with Gasteiger partial charge in [-0.05, 0) is 62.9 Å². The van der Waals surface area contributed by atoms with Crippen molar-refractivity contribution in [1.29, 1.82) is 0 Å². The molecule has 1 saturated carbocycles. The van der Waals surface area contributed by atoms with E-state index in [1.807, 2.05) is 6.08 Å². The number of hydrogen-bond acceptors (Lipinski definition) is 1. The zero-order chi connectivity index (χ0) is 14.2. The molecule has 0 spiro atoms. The Morgan fingerprint density at radius 2 is 2.10 bits per heavy atom. The molecule has 1 aliphatic carbocycles. The van der Waals surface area contributed by atoms with Gasteiger partial charge in [-0.3, -0.25) is 0 Å². The minimum atomic E-state index is 0.711. The highest BCUT2D eigenvalue weighted by Gasteiger charge is 2.36. The first kappa shape index (κ1) is 15.4. The van der Waals surface area contributed by atoms with Crippen molar-refractivity contribution in [2.45, 2.75) is 63.5 Å². The molecule has 1 N–H and O–H groups in total. The highest BCUT2D eigenvalue weighted by molar-refractivity contribution is 5.01. The van der Waals surface area contributed by atoms with Crippen molar-refractivity contribution < 1.29 is 0 Å². The highest BCUT2D eigenvalue weighted by Crippen LogP contribution is 2.39. The standard InChI is InChI=1S/C19H29N/c1-3-5-7-10-16-11-9-13-19-18(16)15-14-17(20-19)12-8-6-4-2/h3,5-7,16-20H,1-2,8-15H2/t16-,17+,18+,19-/m1/s1. The molecule has 2 aliphatic rings. The molecule has 2 fully saturated rings. The van der Waals surface area contributed by atoms with Crippen molar-refractivity contribution in [3.05, 3.63) is 43.2 Å². The number of fused-ring (bicyclic) bond motifs is 1. The molecule has 0 aromatic carbocycles. The van der Waals surface area contributed by atoms with E-state index in [2.05, 4.69) is 42.4 Å². The Morgan fingerprint density at radius 1 is 1.20 bits per heavy atom. The van der Waals surface area contributed by atoms with Gasteiger partial charge in [-0.25, -0.2) is 0 Å². The second-order valence-corrected chi connectivity index (χ2v) is 6.29. The molecular weight excluding hydrogens is 242 g/mol. The van der Waals surface area contributed by atoms with E-state index in [1.165, 1.54) is 44.9 Å². The first-order valence-electron chi connectivity index (χ1n) is 8.23. The summed E-state index contributed by atoms with van der Waals surface area (Å²) in [6, 6.07) is 1.47. The van der Waals surface area contributed by atoms with E-state index >= 15 is 0 Å². The Kier molecular flexibility index (Phi) is 6.36. The number of hydrogen-bond donors (Lipinski definition) is 1. The second-order valence-electron chi connectivity index (χ2n) is 6.29. The molecule has 1 saturated heterocycles. The van der Waals surface area contributed by atoms with Gasteiger partial charge in [0.1, 0.15) is 0 Å². The largest absolute Gasteiger partial charge is 0.311 e. The molecule has 0 bridgehead atoms. The lowest BCUT2D eigenvalue weighted by atomic mass is 9.69. The van der Waals surface area contributed by atoms with Crippen LogP contribution >= 0.6 is 0 Å². The summed E-state index contributed by atoms with van der Waals surface area (Å²) in [6.07, 6.45) is 18.9. The van der Waals surface area contributed by atoms with E-state index in [0.29, 0.717) is 6.04 Å². The van der Waals surface area contributed by atoms with Crippen LogP contribution in [0, 0.1) is 11.8 Å². The maximum absolute atomic E-state index is 3.92. The Labute approximate surface area is 124 Å². The molecule has 1 heteroatoms. The van der Waals surface area contributed by atoms with Gasteiger partial charge in [0.05, 0.1) is 0 Å². The van der Waals surface area contributed by atoms with Gasteiger partial charge in [-0.1, -0.05) is 37.8 Å². The molecule has 4 atom stereocenters. The molecule has 1 aliphatic heterocycles. The molecule has 110 valence electrons. The van der Waals surface area contributed by atoms with Crippen molar-refractivity contribution in [2.24, 2.45) is 11.8 Å². The lowest BCUT2D eigenvalue weighted by Gasteiger charge is -2.44. The summed E-state index contributed by atoms with van der Waals surface area (Å²) in [5, 5.41) is 3.92. The lowest BCUT2D eigenvalue weighted by Crippen LogP contribution is -2.51. The van der Waals surface area contributed by atoms with E-state index < -0.39 is 0 Å². The predicted octanol–water partition coefficient (Wildman–Crippen LogP) is 4.78. The van der Waals surface area contributed by atoms with Crippen LogP contribution in [-0.2, 0) is 0 Å². The van der Waals surface area contributed by atoms with E-state index in [0.717, 1.165) is 24.3 Å². The van der Waals surface area contributed by atoms with Crippen LogP contribution < -0.4 is 5.32 Å². The fraction of sp³-hybridized carbons (Fsp3) is 0.632. The zero-order valence-corrected chi connectivity index (χ0v) is 12.7. The second kappa shape index (κ2) is 8.29. The summed E-state index contributed by atoms with van der Waals surface area (Å²) in [5.41, 5.74) is 2.88. The van der Waals surface area contributed by atoms with Crippen molar-refractivity contribution in [3.63, 3.8) is 0 Å². The van der Waals surface area contributed by atoms with Crippen molar-refractivity contribution in [3.8, 4) is 0 Å². The third-order valence-electron chi connectivity index (χ3n) is 5.03. The minimum Gasteiger partial charge on any atom is -0.311 e. The van der Waals surface area contributed by atoms with Gasteiger partial charge in [-0.2, -0.15) is 0 Å². The van der Waals surface area contributed by atoms with Crippen molar-refractivity contribution >= 4 is 0 Å². The van der Waals surface area contributed by atoms with Gasteiger partial charge in [0, 0.05) is 12.1 Å². The summed E-state index contributed by atoms with van der Waals surface area (Å²) >= 11 is 0. The maximum atomic E-state index is 3.92. The number of rotatable bonds is 6. The van der Waals surface area contributed by atoms with Gasteiger partial charge in [-0.15, -0.1) is 5.73 Å². The van der Waals surface area contributed by atoms with Crippen LogP contribution in [0.25, 0.3) is 0 Å². The fourth-order valence-corrected chi connectivity index (χ4v) is 4.04. The van der Waals surface area contributed by atoms with Crippen LogP contribution in [-0.4, -0.2) is 12.1 Å². The molecule has 0 aromatic heterocycles. The summed E-state index contributed by atoms with van der Waals surface area (Å²) in [4.78, 5) is 0. The van der Waals surface area contributed by atoms with Crippen LogP contribution in [0.15, 0.2) is 43.2 Å². The molecule has 2 rings (SSSR count). The molecule has 0 aromatic rings. The molecule has 0 amide bonds. The van der Waals surface area contributed by atoms with Crippen LogP contribution in [0.1, 0.15) is 51.4 Å². The monoisotopic (exact) mass is 271 g/mol. The topological polar surface area (TPSA) is 12.0 Å². The maximum Gasteiger partial charge on any atom is 0.0101 e. The van der Waals surface area contributed by atoms with E-state index in [1.54, 1.807) is 0 Å². The molecule has 20 heavy (non-hydrogen) atoms. The zero-order valence-electron chi connectivity index (χ0n) is 12.7. The molecule has 0 radical (unpaired) electrons. The highest BCUT2D eigenvalue weighted by atomic mass is 15.0. The average molecular weight is 271 g/mol. The van der Waals surface area contributed by atoms with Gasteiger partial charge >= 0.3 is 0 Å². The molecule has 0 unspecified atom stereocenters. The van der Waals surface area contributed by atoms with E-state index in [-0.39, 0.29) is 0 Å². The third kappa shape index (κ3) is 4.23. The van der Waals surface area contributed by atoms with Gasteiger partial charge in [0.15, 0.2) is 0 Å². The van der Waals surface area contributed by atoms with E-state index in [4.69, 9.17) is 0 Å². The van der Waals surface area contributed by atoms with Gasteiger partial charge in [0.2, 0.25) is 0 Å². The molecule has 1 heterocycles. The Balaban J connectivity index is 1.84. The number of piperidine rings is 1. The first-order chi connectivity index (χ1) is 9.85. The Hall–Kier alpha value is -1.04. The minimum absolute atomic E-state index is 0.711. The molecule has 1 nitrogen and oxygen atoms in total. The van der Waals surface area contributed by atoms with Gasteiger partial charge in [0.25, 0.3) is 0 Å². The predicted molar refractivity (Wildman–Crippen MR) is 87.7 cm³/mol. The SMILES string of the molecule is C=C=CCC[C@H]1CC[C@H]2[C@H](CC=CC=C)CCC[C@H]2N1. The third-order valence-corrected chi connectivity index (χ3v) is 5.03. The Bertz CT molecular complexity index is 375. The van der Waals surface area contributed by atoms with Crippen LogP contribution in [0.5, 0.6) is 0 Å². The fourth-order valence-electron chi connectivity index (χ4n) is 4.04. The summed E-state index contributed by atoms with van der Waals surface area (Å²) in [6.45, 7) is 7.40. The number of allylic oxidation sites excluding steroid dienone is 4. The number of nitrogens with one attached hydrogen (secondary N) is 1. The van der Waals surface area contributed by atoms with Gasteiger partial charge < -0.3 is 5.32 Å². The van der Waals surface area contributed by atoms with E-state index in [9.17, 15) is 0 Å². The lowest BCUT2D eigenvalue weighted by molar-refractivity contribution is 0.114.